The molecule has 0 unspecified atom stereocenters. The summed E-state index contributed by atoms with van der Waals surface area (Å²) in [6.45, 7) is 5.61. The summed E-state index contributed by atoms with van der Waals surface area (Å²) in [5.41, 5.74) is 5.34. The smallest absolute Gasteiger partial charge is 0.321 e. The second kappa shape index (κ2) is 6.83. The molecule has 5 nitrogen and oxygen atoms in total. The molecule has 1 saturated heterocycles. The number of piperidine rings is 1. The van der Waals surface area contributed by atoms with Gasteiger partial charge in [0.15, 0.2) is 0 Å². The van der Waals surface area contributed by atoms with Gasteiger partial charge in [-0.25, -0.2) is 9.78 Å². The van der Waals surface area contributed by atoms with Crippen LogP contribution in [0.1, 0.15) is 35.7 Å². The number of amides is 2. The third-order valence-electron chi connectivity index (χ3n) is 5.09. The van der Waals surface area contributed by atoms with Crippen LogP contribution in [0.15, 0.2) is 42.5 Å². The number of likely N-dealkylation sites (tertiary alicyclic amines) is 1. The van der Waals surface area contributed by atoms with Gasteiger partial charge in [0.05, 0.1) is 11.0 Å². The van der Waals surface area contributed by atoms with E-state index in [1.54, 1.807) is 0 Å². The summed E-state index contributed by atoms with van der Waals surface area (Å²) in [4.78, 5) is 22.6. The maximum absolute atomic E-state index is 12.5. The molecule has 1 aliphatic rings. The predicted octanol–water partition coefficient (Wildman–Crippen LogP) is 4.59. The number of benzene rings is 2. The van der Waals surface area contributed by atoms with Crippen molar-refractivity contribution in [3.63, 3.8) is 0 Å². The minimum absolute atomic E-state index is 0.0192. The molecule has 0 spiro atoms. The van der Waals surface area contributed by atoms with Crippen molar-refractivity contribution in [1.29, 1.82) is 0 Å². The number of nitrogens with zero attached hydrogens (tertiary/aromatic N) is 2. The zero-order chi connectivity index (χ0) is 18.1. The van der Waals surface area contributed by atoms with Crippen LogP contribution in [0.3, 0.4) is 0 Å². The normalized spacial score (nSPS) is 15.4. The zero-order valence-electron chi connectivity index (χ0n) is 15.2. The van der Waals surface area contributed by atoms with E-state index in [9.17, 15) is 4.79 Å². The Labute approximate surface area is 153 Å². The summed E-state index contributed by atoms with van der Waals surface area (Å²) in [5.74, 6) is 1.43. The van der Waals surface area contributed by atoms with E-state index in [0.717, 1.165) is 54.0 Å². The van der Waals surface area contributed by atoms with Gasteiger partial charge in [0, 0.05) is 24.7 Å². The van der Waals surface area contributed by atoms with Crippen molar-refractivity contribution < 1.29 is 4.79 Å². The van der Waals surface area contributed by atoms with Crippen LogP contribution in [0.4, 0.5) is 10.5 Å². The Morgan fingerprint density at radius 1 is 1.12 bits per heavy atom. The number of carbonyl (C=O) groups excluding carboxylic acids is 1. The highest BCUT2D eigenvalue weighted by atomic mass is 16.2. The Morgan fingerprint density at radius 3 is 2.65 bits per heavy atom. The van der Waals surface area contributed by atoms with Crippen molar-refractivity contribution in [2.75, 3.05) is 18.4 Å². The number of hydrogen-bond donors (Lipinski definition) is 2. The average molecular weight is 348 g/mol. The first kappa shape index (κ1) is 16.6. The lowest BCUT2D eigenvalue weighted by molar-refractivity contribution is 0.193. The number of imidazole rings is 1. The molecule has 4 rings (SSSR count). The van der Waals surface area contributed by atoms with Crippen LogP contribution in [-0.2, 0) is 0 Å². The van der Waals surface area contributed by atoms with Crippen molar-refractivity contribution in [2.45, 2.75) is 32.6 Å². The fourth-order valence-electron chi connectivity index (χ4n) is 3.62. The molecule has 0 atom stereocenters. The van der Waals surface area contributed by atoms with Gasteiger partial charge in [-0.3, -0.25) is 0 Å². The number of anilines is 1. The molecular weight excluding hydrogens is 324 g/mol. The Morgan fingerprint density at radius 2 is 1.88 bits per heavy atom. The summed E-state index contributed by atoms with van der Waals surface area (Å²) in [6.07, 6.45) is 1.86. The van der Waals surface area contributed by atoms with Crippen LogP contribution in [0.5, 0.6) is 0 Å². The first-order valence-corrected chi connectivity index (χ1v) is 9.17. The fourth-order valence-corrected chi connectivity index (χ4v) is 3.62. The molecule has 0 radical (unpaired) electrons. The third-order valence-corrected chi connectivity index (χ3v) is 5.09. The highest BCUT2D eigenvalue weighted by molar-refractivity contribution is 5.89. The lowest BCUT2D eigenvalue weighted by Gasteiger charge is -2.31. The predicted molar refractivity (Wildman–Crippen MR) is 105 cm³/mol. The van der Waals surface area contributed by atoms with Crippen LogP contribution >= 0.6 is 0 Å². The number of nitrogens with one attached hydrogen (secondary N) is 2. The molecular formula is C21H24N4O. The molecule has 2 amide bonds. The second-order valence-electron chi connectivity index (χ2n) is 7.20. The monoisotopic (exact) mass is 348 g/mol. The molecule has 1 fully saturated rings. The van der Waals surface area contributed by atoms with Gasteiger partial charge in [0.1, 0.15) is 5.82 Å². The summed E-state index contributed by atoms with van der Waals surface area (Å²) in [7, 11) is 0. The maximum Gasteiger partial charge on any atom is 0.321 e. The number of fused-ring (bicyclic) bond motifs is 1. The molecule has 5 heteroatoms. The van der Waals surface area contributed by atoms with E-state index in [4.69, 9.17) is 4.98 Å². The molecule has 0 aliphatic carbocycles. The van der Waals surface area contributed by atoms with Crippen LogP contribution in [0, 0.1) is 13.8 Å². The topological polar surface area (TPSA) is 61.0 Å². The van der Waals surface area contributed by atoms with Gasteiger partial charge in [-0.15, -0.1) is 0 Å². The van der Waals surface area contributed by atoms with Gasteiger partial charge in [-0.1, -0.05) is 18.2 Å². The molecule has 2 N–H and O–H groups in total. The van der Waals surface area contributed by atoms with E-state index in [0.29, 0.717) is 5.92 Å². The van der Waals surface area contributed by atoms with Gasteiger partial charge in [-0.05, 0) is 62.1 Å². The summed E-state index contributed by atoms with van der Waals surface area (Å²) in [6, 6.07) is 14.2. The molecule has 2 heterocycles. The zero-order valence-corrected chi connectivity index (χ0v) is 15.2. The lowest BCUT2D eigenvalue weighted by atomic mass is 9.96. The molecule has 1 aliphatic heterocycles. The highest BCUT2D eigenvalue weighted by Gasteiger charge is 2.25. The fraction of sp³-hybridized carbons (Fsp3) is 0.333. The van der Waals surface area contributed by atoms with Crippen molar-refractivity contribution in [1.82, 2.24) is 14.9 Å². The highest BCUT2D eigenvalue weighted by Crippen LogP contribution is 2.28. The van der Waals surface area contributed by atoms with E-state index < -0.39 is 0 Å². The van der Waals surface area contributed by atoms with E-state index in [1.165, 1.54) is 5.56 Å². The van der Waals surface area contributed by atoms with Gasteiger partial charge in [0.25, 0.3) is 0 Å². The first-order valence-electron chi connectivity index (χ1n) is 9.17. The largest absolute Gasteiger partial charge is 0.342 e. The molecule has 26 heavy (non-hydrogen) atoms. The number of H-pyrrole nitrogens is 1. The van der Waals surface area contributed by atoms with Gasteiger partial charge in [-0.2, -0.15) is 0 Å². The van der Waals surface area contributed by atoms with E-state index in [-0.39, 0.29) is 6.03 Å². The molecule has 1 aromatic heterocycles. The van der Waals surface area contributed by atoms with Crippen LogP contribution in [0.25, 0.3) is 11.0 Å². The number of hydrogen-bond acceptors (Lipinski definition) is 2. The number of rotatable bonds is 2. The molecule has 0 bridgehead atoms. The maximum atomic E-state index is 12.5. The van der Waals surface area contributed by atoms with Crippen molar-refractivity contribution in [3.8, 4) is 0 Å². The summed E-state index contributed by atoms with van der Waals surface area (Å²) < 4.78 is 0. The van der Waals surface area contributed by atoms with Crippen molar-refractivity contribution in [3.05, 3.63) is 59.4 Å². The van der Waals surface area contributed by atoms with Gasteiger partial charge >= 0.3 is 6.03 Å². The van der Waals surface area contributed by atoms with Crippen LogP contribution in [0.2, 0.25) is 0 Å². The third kappa shape index (κ3) is 3.43. The average Bonchev–Trinajstić information content (AvgIpc) is 3.05. The Kier molecular flexibility index (Phi) is 4.37. The van der Waals surface area contributed by atoms with Crippen molar-refractivity contribution >= 4 is 22.8 Å². The van der Waals surface area contributed by atoms with Crippen LogP contribution in [-0.4, -0.2) is 34.0 Å². The quantitative estimate of drug-likeness (QED) is 0.711. The number of urea groups is 1. The number of aromatic nitrogens is 2. The minimum atomic E-state index is -0.0192. The second-order valence-corrected chi connectivity index (χ2v) is 7.20. The van der Waals surface area contributed by atoms with Gasteiger partial charge in [0.2, 0.25) is 0 Å². The molecule has 3 aromatic rings. The van der Waals surface area contributed by atoms with Gasteiger partial charge < -0.3 is 15.2 Å². The Hall–Kier alpha value is -2.82. The lowest BCUT2D eigenvalue weighted by Crippen LogP contribution is -2.40. The Balaban J connectivity index is 1.39. The minimum Gasteiger partial charge on any atom is -0.342 e. The standard InChI is InChI=1S/C21H24N4O/c1-14-4-3-5-17(12-14)22-21(26)25-10-8-16(9-11-25)20-23-18-7-6-15(2)13-19(18)24-20/h3-7,12-13,16H,8-11H2,1-2H3,(H,22,26)(H,23,24). The molecule has 0 saturated carbocycles. The first-order chi connectivity index (χ1) is 12.6. The van der Waals surface area contributed by atoms with E-state index >= 15 is 0 Å². The summed E-state index contributed by atoms with van der Waals surface area (Å²) >= 11 is 0. The van der Waals surface area contributed by atoms with Crippen molar-refractivity contribution in [2.24, 2.45) is 0 Å². The van der Waals surface area contributed by atoms with Crippen LogP contribution < -0.4 is 5.32 Å². The van der Waals surface area contributed by atoms with E-state index in [1.807, 2.05) is 36.1 Å². The van der Waals surface area contributed by atoms with E-state index in [2.05, 4.69) is 35.4 Å². The summed E-state index contributed by atoms with van der Waals surface area (Å²) in [5, 5.41) is 3.00. The molecule has 2 aromatic carbocycles. The molecule has 134 valence electrons. The number of aromatic amines is 1. The number of carbonyl (C=O) groups is 1. The number of aryl methyl sites for hydroxylation is 2. The Bertz CT molecular complexity index is 938. The SMILES string of the molecule is Cc1cccc(NC(=O)N2CCC(c3nc4ccc(C)cc4[nH]3)CC2)c1.